The molecular formula is C28H20BF8O4-. The summed E-state index contributed by atoms with van der Waals surface area (Å²) >= 11 is 0. The van der Waals surface area contributed by atoms with Crippen molar-refractivity contribution in [3.8, 4) is 23.0 Å². The smallest absolute Gasteiger partial charge is 0.190 e. The molecule has 0 saturated carbocycles. The Balaban J connectivity index is 2.32. The quantitative estimate of drug-likeness (QED) is 0.230. The summed E-state index contributed by atoms with van der Waals surface area (Å²) in [5.41, 5.74) is -2.06. The second-order valence-corrected chi connectivity index (χ2v) is 8.94. The van der Waals surface area contributed by atoms with Crippen molar-refractivity contribution >= 4 is 28.0 Å². The lowest BCUT2D eigenvalue weighted by molar-refractivity contribution is 0.360. The summed E-state index contributed by atoms with van der Waals surface area (Å²) < 4.78 is 140. The molecule has 0 atom stereocenters. The van der Waals surface area contributed by atoms with Gasteiger partial charge in [0.25, 0.3) is 0 Å². The van der Waals surface area contributed by atoms with E-state index in [1.807, 2.05) is 0 Å². The molecule has 0 saturated heterocycles. The molecule has 4 rings (SSSR count). The number of hydrogen-bond acceptors (Lipinski definition) is 4. The standard InChI is InChI=1S/C28H20BF8O4/c1-38-25-17(30)5-13(6-18(25)31)29(14-7-19(32)26(39-2)20(33)8-14,15-9-21(34)27(40-3)22(35)10-15)16-11-23(36)28(41-4)24(37)12-16/h5-12H,1-4H3/q-1. The van der Waals surface area contributed by atoms with Gasteiger partial charge in [0.15, 0.2) is 69.5 Å². The third-order valence-corrected chi connectivity index (χ3v) is 6.90. The molecule has 41 heavy (non-hydrogen) atoms. The molecule has 0 aromatic heterocycles. The number of rotatable bonds is 8. The van der Waals surface area contributed by atoms with E-state index >= 15 is 35.1 Å². The Morgan fingerprint density at radius 2 is 0.488 bits per heavy atom. The molecule has 0 aliphatic heterocycles. The molecule has 216 valence electrons. The normalized spacial score (nSPS) is 11.4. The maximum Gasteiger partial charge on any atom is 0.190 e. The Morgan fingerprint density at radius 1 is 0.341 bits per heavy atom. The second-order valence-electron chi connectivity index (χ2n) is 8.94. The lowest BCUT2D eigenvalue weighted by Gasteiger charge is -2.44. The van der Waals surface area contributed by atoms with Gasteiger partial charge in [0.1, 0.15) is 6.15 Å². The molecule has 0 N–H and O–H groups in total. The number of methoxy groups -OCH3 is 4. The maximum absolute atomic E-state index is 15.2. The van der Waals surface area contributed by atoms with Crippen LogP contribution in [0.2, 0.25) is 0 Å². The zero-order valence-corrected chi connectivity index (χ0v) is 21.9. The van der Waals surface area contributed by atoms with Crippen molar-refractivity contribution < 1.29 is 54.1 Å². The fourth-order valence-corrected chi connectivity index (χ4v) is 5.25. The highest BCUT2D eigenvalue weighted by molar-refractivity contribution is 7.19. The Bertz CT molecular complexity index is 1310. The van der Waals surface area contributed by atoms with Crippen LogP contribution in [0, 0.1) is 46.5 Å². The monoisotopic (exact) mass is 583 g/mol. The van der Waals surface area contributed by atoms with Crippen molar-refractivity contribution in [2.24, 2.45) is 0 Å². The molecule has 0 aliphatic rings. The average Bonchev–Trinajstić information content (AvgIpc) is 2.89. The predicted molar refractivity (Wildman–Crippen MR) is 136 cm³/mol. The van der Waals surface area contributed by atoms with Gasteiger partial charge in [-0.2, -0.15) is 21.9 Å². The predicted octanol–water partition coefficient (Wildman–Crippen LogP) is 4.21. The van der Waals surface area contributed by atoms with E-state index in [0.717, 1.165) is 28.4 Å². The minimum atomic E-state index is -3.59. The zero-order valence-electron chi connectivity index (χ0n) is 21.9. The van der Waals surface area contributed by atoms with Crippen LogP contribution in [0.25, 0.3) is 0 Å². The second kappa shape index (κ2) is 11.2. The first kappa shape index (κ1) is 29.6. The van der Waals surface area contributed by atoms with Crippen molar-refractivity contribution in [1.82, 2.24) is 0 Å². The minimum absolute atomic E-state index is 0.516. The third kappa shape index (κ3) is 4.79. The van der Waals surface area contributed by atoms with Crippen LogP contribution >= 0.6 is 0 Å². The van der Waals surface area contributed by atoms with Gasteiger partial charge in [-0.15, -0.1) is 0 Å². The summed E-state index contributed by atoms with van der Waals surface area (Å²) in [6.07, 6.45) is -3.59. The largest absolute Gasteiger partial charge is 0.491 e. The van der Waals surface area contributed by atoms with Gasteiger partial charge in [-0.1, -0.05) is 48.5 Å². The Kier molecular flexibility index (Phi) is 8.09. The molecule has 13 heteroatoms. The number of hydrogen-bond donors (Lipinski definition) is 0. The number of ether oxygens (including phenoxy) is 4. The molecule has 0 unspecified atom stereocenters. The van der Waals surface area contributed by atoms with Gasteiger partial charge in [-0.3, -0.25) is 0 Å². The van der Waals surface area contributed by atoms with Crippen LogP contribution in [-0.2, 0) is 0 Å². The van der Waals surface area contributed by atoms with Gasteiger partial charge in [-0.05, 0) is 0 Å². The van der Waals surface area contributed by atoms with Gasteiger partial charge in [0.2, 0.25) is 0 Å². The Hall–Kier alpha value is -4.42. The van der Waals surface area contributed by atoms with E-state index in [2.05, 4.69) is 0 Å². The highest BCUT2D eigenvalue weighted by Gasteiger charge is 2.37. The van der Waals surface area contributed by atoms with Crippen LogP contribution < -0.4 is 40.8 Å². The van der Waals surface area contributed by atoms with Crippen molar-refractivity contribution in [2.45, 2.75) is 0 Å². The molecule has 0 spiro atoms. The van der Waals surface area contributed by atoms with Gasteiger partial charge < -0.3 is 18.9 Å². The summed E-state index contributed by atoms with van der Waals surface area (Å²) in [6, 6.07) is 5.35. The topological polar surface area (TPSA) is 36.9 Å². The van der Waals surface area contributed by atoms with Crippen molar-refractivity contribution in [3.63, 3.8) is 0 Å². The fraction of sp³-hybridized carbons (Fsp3) is 0.143. The summed E-state index contributed by atoms with van der Waals surface area (Å²) in [6.45, 7) is 0. The first-order valence-corrected chi connectivity index (χ1v) is 11.7. The highest BCUT2D eigenvalue weighted by Crippen LogP contribution is 2.28. The Morgan fingerprint density at radius 3 is 0.610 bits per heavy atom. The summed E-state index contributed by atoms with van der Waals surface area (Å²) in [5.74, 6) is -14.0. The maximum atomic E-state index is 15.2. The molecule has 0 fully saturated rings. The SMILES string of the molecule is COc1c(F)cc([B-](c2cc(F)c(OC)c(F)c2)(c2cc(F)c(OC)c(F)c2)c2cc(F)c(OC)c(F)c2)cc1F. The minimum Gasteiger partial charge on any atom is -0.491 e. The lowest BCUT2D eigenvalue weighted by atomic mass is 9.13. The summed E-state index contributed by atoms with van der Waals surface area (Å²) in [5, 5.41) is 0. The number of benzene rings is 4. The molecule has 0 bridgehead atoms. The van der Waals surface area contributed by atoms with Crippen LogP contribution in [0.15, 0.2) is 48.5 Å². The lowest BCUT2D eigenvalue weighted by Crippen LogP contribution is -2.75. The van der Waals surface area contributed by atoms with Gasteiger partial charge in [0.05, 0.1) is 28.4 Å². The van der Waals surface area contributed by atoms with E-state index in [4.69, 9.17) is 18.9 Å². The van der Waals surface area contributed by atoms with Crippen molar-refractivity contribution in [2.75, 3.05) is 28.4 Å². The summed E-state index contributed by atoms with van der Waals surface area (Å²) in [7, 11) is 3.87. The van der Waals surface area contributed by atoms with E-state index in [1.54, 1.807) is 0 Å². The van der Waals surface area contributed by atoms with Crippen LogP contribution in [0.5, 0.6) is 23.0 Å². The molecule has 0 radical (unpaired) electrons. The molecule has 4 aromatic rings. The molecule has 4 aromatic carbocycles. The van der Waals surface area contributed by atoms with E-state index in [0.29, 0.717) is 48.5 Å². The van der Waals surface area contributed by atoms with Gasteiger partial charge in [-0.25, -0.2) is 35.1 Å². The highest BCUT2D eigenvalue weighted by atomic mass is 19.2. The Labute approximate surface area is 228 Å². The van der Waals surface area contributed by atoms with Gasteiger partial charge in [0, 0.05) is 0 Å². The first-order valence-electron chi connectivity index (χ1n) is 11.7. The molecule has 0 amide bonds. The molecular weight excluding hydrogens is 563 g/mol. The molecule has 4 nitrogen and oxygen atoms in total. The van der Waals surface area contributed by atoms with Crippen LogP contribution in [0.4, 0.5) is 35.1 Å². The van der Waals surface area contributed by atoms with Gasteiger partial charge >= 0.3 is 0 Å². The van der Waals surface area contributed by atoms with E-state index in [-0.39, 0.29) is 0 Å². The molecule has 0 aliphatic carbocycles. The van der Waals surface area contributed by atoms with E-state index < -0.39 is 97.5 Å². The van der Waals surface area contributed by atoms with Crippen molar-refractivity contribution in [1.29, 1.82) is 0 Å². The van der Waals surface area contributed by atoms with Crippen molar-refractivity contribution in [3.05, 3.63) is 95.1 Å². The molecule has 0 heterocycles. The zero-order chi connectivity index (χ0) is 30.2. The third-order valence-electron chi connectivity index (χ3n) is 6.90. The van der Waals surface area contributed by atoms with Crippen LogP contribution in [-0.4, -0.2) is 34.6 Å². The van der Waals surface area contributed by atoms with Crippen LogP contribution in [0.3, 0.4) is 0 Å². The van der Waals surface area contributed by atoms with E-state index in [9.17, 15) is 0 Å². The van der Waals surface area contributed by atoms with Crippen LogP contribution in [0.1, 0.15) is 0 Å². The summed E-state index contributed by atoms with van der Waals surface area (Å²) in [4.78, 5) is 0. The fourth-order valence-electron chi connectivity index (χ4n) is 5.25. The first-order chi connectivity index (χ1) is 19.4. The van der Waals surface area contributed by atoms with E-state index in [1.165, 1.54) is 0 Å². The number of halogens is 8. The average molecular weight is 583 g/mol.